The predicted molar refractivity (Wildman–Crippen MR) is 59.8 cm³/mol. The van der Waals surface area contributed by atoms with Gasteiger partial charge in [0.05, 0.1) is 5.70 Å². The molecule has 4 heteroatoms. The number of aliphatic carboxylic acids is 1. The van der Waals surface area contributed by atoms with Crippen molar-refractivity contribution in [3.63, 3.8) is 0 Å². The molecule has 0 saturated carbocycles. The van der Waals surface area contributed by atoms with Crippen LogP contribution in [-0.2, 0) is 4.79 Å². The fourth-order valence-corrected chi connectivity index (χ4v) is 2.08. The van der Waals surface area contributed by atoms with Crippen molar-refractivity contribution >= 4 is 5.97 Å². The van der Waals surface area contributed by atoms with Gasteiger partial charge in [0, 0.05) is 12.6 Å². The van der Waals surface area contributed by atoms with Crippen LogP contribution in [0.1, 0.15) is 25.7 Å². The van der Waals surface area contributed by atoms with Crippen molar-refractivity contribution in [2.75, 3.05) is 0 Å². The molecule has 84 valence electrons. The van der Waals surface area contributed by atoms with E-state index < -0.39 is 5.97 Å². The van der Waals surface area contributed by atoms with Gasteiger partial charge in [-0.2, -0.15) is 10.2 Å². The van der Waals surface area contributed by atoms with E-state index in [1.807, 2.05) is 12.2 Å². The van der Waals surface area contributed by atoms with E-state index in [9.17, 15) is 4.79 Å². The van der Waals surface area contributed by atoms with E-state index in [4.69, 9.17) is 5.11 Å². The largest absolute Gasteiger partial charge is 0.481 e. The number of rotatable bonds is 3. The van der Waals surface area contributed by atoms with Crippen LogP contribution < -0.4 is 0 Å². The van der Waals surface area contributed by atoms with Crippen LogP contribution in [0, 0.1) is 5.92 Å². The highest BCUT2D eigenvalue weighted by Gasteiger charge is 2.20. The Balaban J connectivity index is 2.13. The molecule has 1 atom stereocenters. The van der Waals surface area contributed by atoms with Gasteiger partial charge < -0.3 is 5.11 Å². The molecule has 4 nitrogen and oxygen atoms in total. The maximum Gasteiger partial charge on any atom is 0.303 e. The average molecular weight is 218 g/mol. The highest BCUT2D eigenvalue weighted by molar-refractivity contribution is 5.66. The minimum Gasteiger partial charge on any atom is -0.481 e. The molecule has 0 bridgehead atoms. The molecular formula is C12H14N2O2. The van der Waals surface area contributed by atoms with Crippen LogP contribution in [-0.4, -0.2) is 11.1 Å². The second-order valence-corrected chi connectivity index (χ2v) is 3.98. The van der Waals surface area contributed by atoms with Gasteiger partial charge in [-0.25, -0.2) is 0 Å². The van der Waals surface area contributed by atoms with Crippen LogP contribution in [0.4, 0.5) is 0 Å². The Kier molecular flexibility index (Phi) is 3.29. The summed E-state index contributed by atoms with van der Waals surface area (Å²) < 4.78 is 0. The minimum absolute atomic E-state index is 0.218. The Labute approximate surface area is 94.1 Å². The third-order valence-electron chi connectivity index (χ3n) is 2.90. The molecule has 1 aliphatic carbocycles. The fraction of sp³-hybridized carbons (Fsp3) is 0.417. The first-order chi connectivity index (χ1) is 7.77. The number of nitrogens with zero attached hydrogens (tertiary/aromatic N) is 2. The van der Waals surface area contributed by atoms with Crippen LogP contribution in [0.2, 0.25) is 0 Å². The van der Waals surface area contributed by atoms with Crippen LogP contribution in [0.5, 0.6) is 0 Å². The van der Waals surface area contributed by atoms with Crippen molar-refractivity contribution in [2.24, 2.45) is 16.1 Å². The smallest absolute Gasteiger partial charge is 0.303 e. The molecule has 0 aromatic carbocycles. The summed E-state index contributed by atoms with van der Waals surface area (Å²) in [7, 11) is 0. The number of carboxylic acid groups (broad SMARTS) is 1. The molecule has 0 aromatic rings. The summed E-state index contributed by atoms with van der Waals surface area (Å²) in [4.78, 5) is 10.6. The van der Waals surface area contributed by atoms with Gasteiger partial charge in [-0.1, -0.05) is 12.2 Å². The Morgan fingerprint density at radius 2 is 2.38 bits per heavy atom. The summed E-state index contributed by atoms with van der Waals surface area (Å²) in [5.74, 6) is -0.430. The summed E-state index contributed by atoms with van der Waals surface area (Å²) in [5.41, 5.74) is 2.13. The molecule has 0 spiro atoms. The van der Waals surface area contributed by atoms with Gasteiger partial charge in [0.25, 0.3) is 0 Å². The van der Waals surface area contributed by atoms with Crippen molar-refractivity contribution < 1.29 is 9.90 Å². The number of hydrogen-bond acceptors (Lipinski definition) is 3. The summed E-state index contributed by atoms with van der Waals surface area (Å²) in [5, 5.41) is 16.7. The van der Waals surface area contributed by atoms with Crippen LogP contribution in [0.3, 0.4) is 0 Å². The lowest BCUT2D eigenvalue weighted by Gasteiger charge is -2.21. The van der Waals surface area contributed by atoms with Gasteiger partial charge in [0.1, 0.15) is 0 Å². The molecule has 16 heavy (non-hydrogen) atoms. The standard InChI is InChI=1S/C12H14N2O2/c15-12(16)7-6-9-3-1-5-11-10(9)4-2-8-13-14-11/h1-2,5,8-9H,3-4,6-7H2,(H,15,16). The van der Waals surface area contributed by atoms with Crippen molar-refractivity contribution in [3.05, 3.63) is 35.7 Å². The Bertz CT molecular complexity index is 405. The monoisotopic (exact) mass is 218 g/mol. The quantitative estimate of drug-likeness (QED) is 0.791. The molecule has 0 fully saturated rings. The maximum absolute atomic E-state index is 10.6. The Hall–Kier alpha value is -1.71. The molecule has 1 unspecified atom stereocenters. The number of hydrogen-bond donors (Lipinski definition) is 1. The second-order valence-electron chi connectivity index (χ2n) is 3.98. The van der Waals surface area contributed by atoms with E-state index in [2.05, 4.69) is 16.3 Å². The van der Waals surface area contributed by atoms with Gasteiger partial charge in [0.2, 0.25) is 0 Å². The predicted octanol–water partition coefficient (Wildman–Crippen LogP) is 3.05. The van der Waals surface area contributed by atoms with Gasteiger partial charge in [-0.15, -0.1) is 0 Å². The third-order valence-corrected chi connectivity index (χ3v) is 2.90. The third kappa shape index (κ3) is 2.45. The fourth-order valence-electron chi connectivity index (χ4n) is 2.08. The Morgan fingerprint density at radius 1 is 1.50 bits per heavy atom. The average Bonchev–Trinajstić information content (AvgIpc) is 2.51. The van der Waals surface area contributed by atoms with Crippen molar-refractivity contribution in [1.29, 1.82) is 0 Å². The lowest BCUT2D eigenvalue weighted by Crippen LogP contribution is -2.10. The molecular weight excluding hydrogens is 204 g/mol. The molecule has 2 rings (SSSR count). The van der Waals surface area contributed by atoms with E-state index in [0.29, 0.717) is 12.3 Å². The molecule has 1 N–H and O–H groups in total. The summed E-state index contributed by atoms with van der Waals surface area (Å²) in [6.07, 6.45) is 10.3. The summed E-state index contributed by atoms with van der Waals surface area (Å²) in [6, 6.07) is 0. The lowest BCUT2D eigenvalue weighted by molar-refractivity contribution is -0.137. The van der Waals surface area contributed by atoms with Gasteiger partial charge in [-0.3, -0.25) is 4.79 Å². The minimum atomic E-state index is -0.734. The lowest BCUT2D eigenvalue weighted by atomic mass is 9.84. The molecule has 2 aliphatic rings. The molecule has 0 aromatic heterocycles. The maximum atomic E-state index is 10.6. The van der Waals surface area contributed by atoms with Gasteiger partial charge >= 0.3 is 5.97 Å². The number of azo groups is 1. The first-order valence-corrected chi connectivity index (χ1v) is 5.44. The molecule has 0 amide bonds. The van der Waals surface area contributed by atoms with Crippen molar-refractivity contribution in [1.82, 2.24) is 0 Å². The number of carbonyl (C=O) groups is 1. The van der Waals surface area contributed by atoms with Crippen LogP contribution in [0.15, 0.2) is 45.9 Å². The van der Waals surface area contributed by atoms with E-state index in [1.54, 1.807) is 6.20 Å². The van der Waals surface area contributed by atoms with E-state index in [1.165, 1.54) is 5.57 Å². The normalized spacial score (nSPS) is 23.1. The van der Waals surface area contributed by atoms with Gasteiger partial charge in [-0.05, 0) is 36.8 Å². The van der Waals surface area contributed by atoms with Crippen LogP contribution >= 0.6 is 0 Å². The first kappa shape index (κ1) is 10.8. The topological polar surface area (TPSA) is 62.0 Å². The summed E-state index contributed by atoms with van der Waals surface area (Å²) >= 11 is 0. The van der Waals surface area contributed by atoms with Crippen molar-refractivity contribution in [2.45, 2.75) is 25.7 Å². The number of allylic oxidation sites excluding steroid dienone is 4. The molecule has 1 heterocycles. The molecule has 0 saturated heterocycles. The second kappa shape index (κ2) is 4.88. The zero-order valence-electron chi connectivity index (χ0n) is 8.97. The zero-order valence-corrected chi connectivity index (χ0v) is 8.97. The van der Waals surface area contributed by atoms with Gasteiger partial charge in [0.15, 0.2) is 0 Å². The SMILES string of the molecule is O=C(O)CCC1CC=CC2=C1CC=CN=N2. The number of carboxylic acids is 1. The first-order valence-electron chi connectivity index (χ1n) is 5.44. The van der Waals surface area contributed by atoms with Crippen LogP contribution in [0.25, 0.3) is 0 Å². The highest BCUT2D eigenvalue weighted by Crippen LogP contribution is 2.33. The van der Waals surface area contributed by atoms with Crippen molar-refractivity contribution in [3.8, 4) is 0 Å². The Morgan fingerprint density at radius 3 is 3.19 bits per heavy atom. The van der Waals surface area contributed by atoms with E-state index in [-0.39, 0.29) is 6.42 Å². The summed E-state index contributed by atoms with van der Waals surface area (Å²) in [6.45, 7) is 0. The van der Waals surface area contributed by atoms with E-state index >= 15 is 0 Å². The highest BCUT2D eigenvalue weighted by atomic mass is 16.4. The van der Waals surface area contributed by atoms with E-state index in [0.717, 1.165) is 18.5 Å². The molecule has 1 aliphatic heterocycles. The zero-order chi connectivity index (χ0) is 11.4. The molecule has 0 radical (unpaired) electrons.